The van der Waals surface area contributed by atoms with Crippen LogP contribution in [0, 0.1) is 0 Å². The van der Waals surface area contributed by atoms with Crippen molar-refractivity contribution in [2.45, 2.75) is 22.8 Å². The van der Waals surface area contributed by atoms with E-state index in [1.807, 2.05) is 11.8 Å². The number of halogens is 2. The highest BCUT2D eigenvalue weighted by Gasteiger charge is 2.24. The van der Waals surface area contributed by atoms with Gasteiger partial charge in [0.25, 0.3) is 0 Å². The number of nitrogens with two attached hydrogens (primary N) is 1. The van der Waals surface area contributed by atoms with Crippen LogP contribution in [-0.2, 0) is 5.75 Å². The number of aliphatic hydroxyl groups excluding tert-OH is 1. The van der Waals surface area contributed by atoms with Crippen molar-refractivity contribution in [2.75, 3.05) is 12.3 Å². The van der Waals surface area contributed by atoms with Crippen molar-refractivity contribution in [1.29, 1.82) is 0 Å². The number of nitrogen functional groups attached to an aromatic ring is 1. The van der Waals surface area contributed by atoms with Gasteiger partial charge < -0.3 is 16.2 Å². The average molecular weight is 431 g/mol. The third kappa shape index (κ3) is 3.88. The first-order chi connectivity index (χ1) is 13.5. The van der Waals surface area contributed by atoms with Crippen LogP contribution in [0.2, 0.25) is 10.0 Å². The van der Waals surface area contributed by atoms with Crippen LogP contribution < -0.4 is 11.1 Å². The smallest absolute Gasteiger partial charge is 0.0915 e. The number of benzene rings is 3. The Morgan fingerprint density at radius 3 is 2.43 bits per heavy atom. The van der Waals surface area contributed by atoms with Gasteiger partial charge >= 0.3 is 0 Å². The van der Waals surface area contributed by atoms with E-state index in [4.69, 9.17) is 28.9 Å². The number of hydrogen-bond acceptors (Lipinski definition) is 4. The normalized spacial score (nSPS) is 16.8. The molecule has 4 rings (SSSR count). The van der Waals surface area contributed by atoms with Crippen LogP contribution in [0.3, 0.4) is 0 Å². The van der Waals surface area contributed by atoms with Crippen LogP contribution in [0.1, 0.15) is 34.4 Å². The Hall–Kier alpha value is -1.69. The van der Waals surface area contributed by atoms with Gasteiger partial charge in [0, 0.05) is 17.2 Å². The van der Waals surface area contributed by atoms with Crippen LogP contribution in [0.25, 0.3) is 0 Å². The summed E-state index contributed by atoms with van der Waals surface area (Å²) in [4.78, 5) is 1.25. The van der Waals surface area contributed by atoms with Gasteiger partial charge in [-0.15, -0.1) is 11.8 Å². The van der Waals surface area contributed by atoms with Gasteiger partial charge in [-0.25, -0.2) is 0 Å². The monoisotopic (exact) mass is 430 g/mol. The first-order valence-electron chi connectivity index (χ1n) is 9.00. The van der Waals surface area contributed by atoms with Gasteiger partial charge in [-0.2, -0.15) is 0 Å². The molecule has 0 amide bonds. The van der Waals surface area contributed by atoms with Crippen LogP contribution in [0.15, 0.2) is 65.6 Å². The molecule has 3 aromatic rings. The third-order valence-electron chi connectivity index (χ3n) is 4.98. The number of rotatable bonds is 4. The van der Waals surface area contributed by atoms with Gasteiger partial charge in [0.1, 0.15) is 0 Å². The van der Waals surface area contributed by atoms with Gasteiger partial charge in [0.15, 0.2) is 0 Å². The molecule has 1 heterocycles. The summed E-state index contributed by atoms with van der Waals surface area (Å²) in [7, 11) is 0. The Balaban J connectivity index is 1.62. The van der Waals surface area contributed by atoms with Crippen molar-refractivity contribution in [3.63, 3.8) is 0 Å². The Labute approximate surface area is 178 Å². The predicted octanol–water partition coefficient (Wildman–Crippen LogP) is 5.59. The molecule has 0 bridgehead atoms. The van der Waals surface area contributed by atoms with E-state index in [1.165, 1.54) is 21.6 Å². The van der Waals surface area contributed by atoms with Gasteiger partial charge in [-0.3, -0.25) is 0 Å². The fourth-order valence-corrected chi connectivity index (χ4v) is 5.09. The van der Waals surface area contributed by atoms with Crippen molar-refractivity contribution < 1.29 is 5.11 Å². The van der Waals surface area contributed by atoms with Crippen LogP contribution >= 0.6 is 35.0 Å². The highest BCUT2D eigenvalue weighted by atomic mass is 35.5. The zero-order valence-corrected chi connectivity index (χ0v) is 17.4. The molecule has 0 aliphatic carbocycles. The second-order valence-corrected chi connectivity index (χ2v) is 8.61. The molecule has 3 aromatic carbocycles. The first-order valence-corrected chi connectivity index (χ1v) is 10.7. The molecule has 0 fully saturated rings. The summed E-state index contributed by atoms with van der Waals surface area (Å²) in [6, 6.07) is 20.2. The molecule has 0 radical (unpaired) electrons. The van der Waals surface area contributed by atoms with Crippen LogP contribution in [-0.4, -0.2) is 11.7 Å². The number of thioether (sulfide) groups is 1. The lowest BCUT2D eigenvalue weighted by Gasteiger charge is -2.23. The molecule has 2 atom stereocenters. The van der Waals surface area contributed by atoms with E-state index >= 15 is 0 Å². The maximum atomic E-state index is 10.7. The van der Waals surface area contributed by atoms with Crippen molar-refractivity contribution in [2.24, 2.45) is 0 Å². The molecule has 144 valence electrons. The number of nitrogens with one attached hydrogen (secondary N) is 1. The molecule has 0 saturated carbocycles. The maximum Gasteiger partial charge on any atom is 0.0915 e. The average Bonchev–Trinajstić information content (AvgIpc) is 2.87. The first kappa shape index (κ1) is 19.6. The van der Waals surface area contributed by atoms with E-state index in [-0.39, 0.29) is 6.04 Å². The predicted molar refractivity (Wildman–Crippen MR) is 118 cm³/mol. The summed E-state index contributed by atoms with van der Waals surface area (Å²) in [6.07, 6.45) is -0.758. The molecule has 0 aromatic heterocycles. The quantitative estimate of drug-likeness (QED) is 0.471. The SMILES string of the molecule is Nc1c(Cl)cc(C(O)CNC2c3ccccc3CSc3ccccc32)cc1Cl. The zero-order chi connectivity index (χ0) is 19.7. The van der Waals surface area contributed by atoms with Gasteiger partial charge in [0.05, 0.1) is 27.9 Å². The van der Waals surface area contributed by atoms with Gasteiger partial charge in [-0.05, 0) is 40.5 Å². The summed E-state index contributed by atoms with van der Waals surface area (Å²) in [5.74, 6) is 0.928. The summed E-state index contributed by atoms with van der Waals surface area (Å²) < 4.78 is 0. The minimum absolute atomic E-state index is 0.00299. The molecule has 0 spiro atoms. The maximum absolute atomic E-state index is 10.7. The van der Waals surface area contributed by atoms with Crippen molar-refractivity contribution in [1.82, 2.24) is 5.32 Å². The lowest BCUT2D eigenvalue weighted by Crippen LogP contribution is -2.28. The van der Waals surface area contributed by atoms with Crippen molar-refractivity contribution >= 4 is 40.7 Å². The fourth-order valence-electron chi connectivity index (χ4n) is 3.48. The van der Waals surface area contributed by atoms with E-state index in [9.17, 15) is 5.11 Å². The largest absolute Gasteiger partial charge is 0.396 e. The van der Waals surface area contributed by atoms with E-state index in [2.05, 4.69) is 53.8 Å². The summed E-state index contributed by atoms with van der Waals surface area (Å²) >= 11 is 14.1. The molecular weight excluding hydrogens is 411 g/mol. The highest BCUT2D eigenvalue weighted by Crippen LogP contribution is 2.39. The van der Waals surface area contributed by atoms with Crippen molar-refractivity contribution in [3.05, 3.63) is 93.0 Å². The van der Waals surface area contributed by atoms with E-state index in [0.717, 1.165) is 5.75 Å². The number of fused-ring (bicyclic) bond motifs is 2. The van der Waals surface area contributed by atoms with Gasteiger partial charge in [0.2, 0.25) is 0 Å². The van der Waals surface area contributed by atoms with E-state index in [1.54, 1.807) is 12.1 Å². The summed E-state index contributed by atoms with van der Waals surface area (Å²) in [6.45, 7) is 0.356. The second-order valence-electron chi connectivity index (χ2n) is 6.78. The van der Waals surface area contributed by atoms with Crippen molar-refractivity contribution in [3.8, 4) is 0 Å². The molecule has 4 N–H and O–H groups in total. The molecule has 1 aliphatic heterocycles. The molecule has 28 heavy (non-hydrogen) atoms. The van der Waals surface area contributed by atoms with Crippen LogP contribution in [0.4, 0.5) is 5.69 Å². The minimum Gasteiger partial charge on any atom is -0.396 e. The Morgan fingerprint density at radius 2 is 1.68 bits per heavy atom. The zero-order valence-electron chi connectivity index (χ0n) is 15.0. The molecule has 2 unspecified atom stereocenters. The molecule has 6 heteroatoms. The lowest BCUT2D eigenvalue weighted by atomic mass is 9.94. The molecule has 3 nitrogen and oxygen atoms in total. The molecule has 1 aliphatic rings. The third-order valence-corrected chi connectivity index (χ3v) is 6.74. The Morgan fingerprint density at radius 1 is 1.04 bits per heavy atom. The number of aliphatic hydroxyl groups is 1. The molecular formula is C22H20Cl2N2OS. The highest BCUT2D eigenvalue weighted by molar-refractivity contribution is 7.98. The van der Waals surface area contributed by atoms with Gasteiger partial charge in [-0.1, -0.05) is 65.7 Å². The van der Waals surface area contributed by atoms with E-state index < -0.39 is 6.10 Å². The second kappa shape index (κ2) is 8.36. The Bertz CT molecular complexity index is 941. The standard InChI is InChI=1S/C22H20Cl2N2OS/c23-17-9-14(10-18(24)21(17)25)19(27)11-26-22-15-6-2-1-5-13(15)12-28-20-8-4-3-7-16(20)22/h1-10,19,22,26-27H,11-12,25H2. The summed E-state index contributed by atoms with van der Waals surface area (Å²) in [5, 5.41) is 15.0. The fraction of sp³-hybridized carbons (Fsp3) is 0.182. The lowest BCUT2D eigenvalue weighted by molar-refractivity contribution is 0.172. The number of hydrogen-bond donors (Lipinski definition) is 3. The Kier molecular flexibility index (Phi) is 5.85. The summed E-state index contributed by atoms with van der Waals surface area (Å²) in [5.41, 5.74) is 10.5. The topological polar surface area (TPSA) is 58.3 Å². The molecule has 0 saturated heterocycles. The minimum atomic E-state index is -0.758. The van der Waals surface area contributed by atoms with E-state index in [0.29, 0.717) is 27.8 Å². The van der Waals surface area contributed by atoms with Crippen LogP contribution in [0.5, 0.6) is 0 Å². The number of anilines is 1.